The Kier molecular flexibility index (Phi) is 3.79. The Labute approximate surface area is 110 Å². The van der Waals surface area contributed by atoms with Crippen molar-refractivity contribution in [1.82, 2.24) is 14.9 Å². The van der Waals surface area contributed by atoms with E-state index in [-0.39, 0.29) is 18.9 Å². The van der Waals surface area contributed by atoms with Crippen molar-refractivity contribution in [3.05, 3.63) is 42.0 Å². The molecular weight excluding hydrogens is 246 g/mol. The highest BCUT2D eigenvalue weighted by atomic mass is 16.4. The molecule has 1 aliphatic heterocycles. The second-order valence-electron chi connectivity index (χ2n) is 4.24. The van der Waals surface area contributed by atoms with E-state index in [1.807, 2.05) is 6.92 Å². The van der Waals surface area contributed by atoms with Crippen molar-refractivity contribution >= 4 is 11.9 Å². The summed E-state index contributed by atoms with van der Waals surface area (Å²) in [7, 11) is 0. The number of hydrogen-bond acceptors (Lipinski definition) is 3. The number of aromatic amines is 1. The first-order chi connectivity index (χ1) is 9.13. The maximum atomic E-state index is 12.0. The number of carboxylic acids is 1. The molecule has 6 heteroatoms. The van der Waals surface area contributed by atoms with Crippen LogP contribution in [-0.4, -0.2) is 37.9 Å². The van der Waals surface area contributed by atoms with Crippen molar-refractivity contribution in [3.63, 3.8) is 0 Å². The molecule has 0 saturated carbocycles. The average molecular weight is 261 g/mol. The number of H-pyrrole nitrogens is 1. The predicted molar refractivity (Wildman–Crippen MR) is 68.2 cm³/mol. The number of fused-ring (bicyclic) bond motifs is 1. The van der Waals surface area contributed by atoms with Crippen LogP contribution in [0.25, 0.3) is 0 Å². The summed E-state index contributed by atoms with van der Waals surface area (Å²) in [4.78, 5) is 31.6. The van der Waals surface area contributed by atoms with Crippen LogP contribution in [0.5, 0.6) is 0 Å². The summed E-state index contributed by atoms with van der Waals surface area (Å²) in [6.07, 6.45) is 8.24. The van der Waals surface area contributed by atoms with Gasteiger partial charge in [-0.25, -0.2) is 9.78 Å². The van der Waals surface area contributed by atoms with Crippen molar-refractivity contribution in [1.29, 1.82) is 0 Å². The fraction of sp³-hybridized carbons (Fsp3) is 0.308. The maximum absolute atomic E-state index is 12.0. The Morgan fingerprint density at radius 1 is 1.53 bits per heavy atom. The molecule has 0 radical (unpaired) electrons. The Balaban J connectivity index is 2.22. The molecule has 100 valence electrons. The lowest BCUT2D eigenvalue weighted by Gasteiger charge is -2.31. The van der Waals surface area contributed by atoms with E-state index in [2.05, 4.69) is 9.97 Å². The molecule has 0 bridgehead atoms. The lowest BCUT2D eigenvalue weighted by Crippen LogP contribution is -2.48. The zero-order chi connectivity index (χ0) is 13.8. The van der Waals surface area contributed by atoms with Gasteiger partial charge in [-0.05, 0) is 6.92 Å². The molecule has 1 aromatic rings. The van der Waals surface area contributed by atoms with Crippen LogP contribution < -0.4 is 0 Å². The van der Waals surface area contributed by atoms with Gasteiger partial charge in [-0.2, -0.15) is 0 Å². The van der Waals surface area contributed by atoms with Gasteiger partial charge in [-0.15, -0.1) is 0 Å². The van der Waals surface area contributed by atoms with Gasteiger partial charge in [0.2, 0.25) is 5.91 Å². The minimum absolute atomic E-state index is 0.233. The zero-order valence-electron chi connectivity index (χ0n) is 10.5. The molecule has 2 rings (SSSR count). The Hall–Kier alpha value is -2.37. The zero-order valence-corrected chi connectivity index (χ0v) is 10.5. The van der Waals surface area contributed by atoms with Crippen LogP contribution in [0.2, 0.25) is 0 Å². The van der Waals surface area contributed by atoms with Crippen LogP contribution in [0.3, 0.4) is 0 Å². The van der Waals surface area contributed by atoms with Gasteiger partial charge in [-0.1, -0.05) is 18.2 Å². The number of amides is 1. The summed E-state index contributed by atoms with van der Waals surface area (Å²) in [6, 6.07) is -0.862. The van der Waals surface area contributed by atoms with Gasteiger partial charge in [0.25, 0.3) is 0 Å². The van der Waals surface area contributed by atoms with E-state index in [0.717, 1.165) is 5.69 Å². The van der Waals surface area contributed by atoms with E-state index in [1.165, 1.54) is 17.3 Å². The summed E-state index contributed by atoms with van der Waals surface area (Å²) < 4.78 is 0. The van der Waals surface area contributed by atoms with Gasteiger partial charge >= 0.3 is 5.97 Å². The second-order valence-corrected chi connectivity index (χ2v) is 4.24. The fourth-order valence-corrected chi connectivity index (χ4v) is 2.03. The number of aliphatic carboxylic acids is 1. The van der Waals surface area contributed by atoms with Crippen LogP contribution in [-0.2, 0) is 22.6 Å². The number of carbonyl (C=O) groups excluding carboxylic acids is 1. The number of hydrogen-bond donors (Lipinski definition) is 2. The number of rotatable bonds is 3. The lowest BCUT2D eigenvalue weighted by atomic mass is 10.0. The normalized spacial score (nSPS) is 19.0. The monoisotopic (exact) mass is 261 g/mol. The molecule has 2 N–H and O–H groups in total. The van der Waals surface area contributed by atoms with E-state index >= 15 is 0 Å². The minimum atomic E-state index is -1.01. The van der Waals surface area contributed by atoms with Crippen LogP contribution in [0.1, 0.15) is 18.3 Å². The number of allylic oxidation sites excluding steroid dienone is 3. The van der Waals surface area contributed by atoms with E-state index in [9.17, 15) is 14.7 Å². The second kappa shape index (κ2) is 5.51. The quantitative estimate of drug-likeness (QED) is 0.624. The summed E-state index contributed by atoms with van der Waals surface area (Å²) >= 11 is 0. The van der Waals surface area contributed by atoms with Gasteiger partial charge in [0.1, 0.15) is 6.04 Å². The molecule has 1 aliphatic rings. The molecule has 0 aliphatic carbocycles. The highest BCUT2D eigenvalue weighted by molar-refractivity contribution is 5.91. The van der Waals surface area contributed by atoms with E-state index < -0.39 is 12.0 Å². The van der Waals surface area contributed by atoms with E-state index in [1.54, 1.807) is 18.2 Å². The Morgan fingerprint density at radius 2 is 2.32 bits per heavy atom. The molecule has 1 unspecified atom stereocenters. The average Bonchev–Trinajstić information content (AvgIpc) is 2.84. The molecule has 0 aromatic carbocycles. The van der Waals surface area contributed by atoms with E-state index in [0.29, 0.717) is 5.69 Å². The third-order valence-electron chi connectivity index (χ3n) is 3.01. The first-order valence-electron chi connectivity index (χ1n) is 5.97. The van der Waals surface area contributed by atoms with Crippen molar-refractivity contribution in [2.75, 3.05) is 0 Å². The first kappa shape index (κ1) is 13.1. The number of imidazole rings is 1. The lowest BCUT2D eigenvalue weighted by molar-refractivity contribution is -0.149. The maximum Gasteiger partial charge on any atom is 0.326 e. The Morgan fingerprint density at radius 3 is 3.00 bits per heavy atom. The molecule has 0 spiro atoms. The molecule has 19 heavy (non-hydrogen) atoms. The first-order valence-corrected chi connectivity index (χ1v) is 5.97. The van der Waals surface area contributed by atoms with E-state index in [4.69, 9.17) is 0 Å². The topological polar surface area (TPSA) is 86.3 Å². The highest BCUT2D eigenvalue weighted by Crippen LogP contribution is 2.21. The molecule has 1 atom stereocenters. The molecule has 0 saturated heterocycles. The smallest absolute Gasteiger partial charge is 0.326 e. The molecular formula is C13H15N3O3. The number of carbonyl (C=O) groups is 2. The van der Waals surface area contributed by atoms with Gasteiger partial charge in [0.15, 0.2) is 0 Å². The summed E-state index contributed by atoms with van der Waals surface area (Å²) in [5.74, 6) is -1.33. The summed E-state index contributed by atoms with van der Waals surface area (Å²) in [5.41, 5.74) is 1.51. The third kappa shape index (κ3) is 2.73. The van der Waals surface area contributed by atoms with Crippen LogP contribution in [0.15, 0.2) is 30.6 Å². The minimum Gasteiger partial charge on any atom is -0.480 e. The molecule has 6 nitrogen and oxygen atoms in total. The third-order valence-corrected chi connectivity index (χ3v) is 3.01. The Bertz CT molecular complexity index is 545. The number of aromatic nitrogens is 2. The van der Waals surface area contributed by atoms with Crippen LogP contribution >= 0.6 is 0 Å². The van der Waals surface area contributed by atoms with Crippen LogP contribution in [0, 0.1) is 0 Å². The van der Waals surface area contributed by atoms with Crippen molar-refractivity contribution in [2.24, 2.45) is 0 Å². The molecule has 0 fully saturated rings. The molecule has 1 aromatic heterocycles. The number of carboxylic acid groups (broad SMARTS) is 1. The predicted octanol–water partition coefficient (Wildman–Crippen LogP) is 0.880. The fourth-order valence-electron chi connectivity index (χ4n) is 2.03. The SMILES string of the molecule is CC=CC=CC(=O)N1Cc2[nH]cnc2CC1C(=O)O. The van der Waals surface area contributed by atoms with Gasteiger partial charge in [0.05, 0.1) is 24.3 Å². The van der Waals surface area contributed by atoms with Crippen molar-refractivity contribution < 1.29 is 14.7 Å². The highest BCUT2D eigenvalue weighted by Gasteiger charge is 2.34. The summed E-state index contributed by atoms with van der Waals surface area (Å²) in [6.45, 7) is 2.08. The standard InChI is InChI=1S/C13H15N3O3/c1-2-3-4-5-12(17)16-7-10-9(14-8-15-10)6-11(16)13(18)19/h2-5,8,11H,6-7H2,1H3,(H,14,15)(H,18,19). The number of nitrogens with one attached hydrogen (secondary N) is 1. The van der Waals surface area contributed by atoms with Gasteiger partial charge < -0.3 is 15.0 Å². The largest absolute Gasteiger partial charge is 0.480 e. The van der Waals surface area contributed by atoms with Crippen molar-refractivity contribution in [3.8, 4) is 0 Å². The van der Waals surface area contributed by atoms with Crippen molar-refractivity contribution in [2.45, 2.75) is 25.9 Å². The molecule has 2 heterocycles. The molecule has 1 amide bonds. The summed E-state index contributed by atoms with van der Waals surface area (Å²) in [5, 5.41) is 9.22. The van der Waals surface area contributed by atoms with Gasteiger partial charge in [0, 0.05) is 12.5 Å². The van der Waals surface area contributed by atoms with Gasteiger partial charge in [-0.3, -0.25) is 4.79 Å². The van der Waals surface area contributed by atoms with Crippen LogP contribution in [0.4, 0.5) is 0 Å². The number of nitrogens with zero attached hydrogens (tertiary/aromatic N) is 2.